The van der Waals surface area contributed by atoms with Gasteiger partial charge in [0.15, 0.2) is 0 Å². The molecule has 0 fully saturated rings. The first-order valence-electron chi connectivity index (χ1n) is 4.76. The molecule has 0 bridgehead atoms. The summed E-state index contributed by atoms with van der Waals surface area (Å²) in [5, 5.41) is 0.360. The average Bonchev–Trinajstić information content (AvgIpc) is 2.63. The molecule has 1 unspecified atom stereocenters. The zero-order chi connectivity index (χ0) is 11.7. The fourth-order valence-electron chi connectivity index (χ4n) is 1.58. The molecule has 16 heavy (non-hydrogen) atoms. The van der Waals surface area contributed by atoms with Crippen molar-refractivity contribution in [1.29, 1.82) is 0 Å². The van der Waals surface area contributed by atoms with Crippen molar-refractivity contribution in [2.24, 2.45) is 12.8 Å². The highest BCUT2D eigenvalue weighted by atomic mass is 35.5. The maximum absolute atomic E-state index is 13.6. The maximum Gasteiger partial charge on any atom is 0.129 e. The van der Waals surface area contributed by atoms with Crippen molar-refractivity contribution in [3.05, 3.63) is 52.8 Å². The van der Waals surface area contributed by atoms with Crippen LogP contribution in [0.15, 0.2) is 30.7 Å². The van der Waals surface area contributed by atoms with Gasteiger partial charge in [-0.3, -0.25) is 0 Å². The van der Waals surface area contributed by atoms with Crippen LogP contribution in [0, 0.1) is 5.82 Å². The Labute approximate surface area is 97.7 Å². The van der Waals surface area contributed by atoms with Gasteiger partial charge in [-0.1, -0.05) is 17.7 Å². The summed E-state index contributed by atoms with van der Waals surface area (Å²) in [5.41, 5.74) is 7.13. The summed E-state index contributed by atoms with van der Waals surface area (Å²) in [6.07, 6.45) is 3.25. The Morgan fingerprint density at radius 3 is 2.81 bits per heavy atom. The van der Waals surface area contributed by atoms with Gasteiger partial charge in [0.1, 0.15) is 5.82 Å². The van der Waals surface area contributed by atoms with Gasteiger partial charge in [-0.2, -0.15) is 0 Å². The summed E-state index contributed by atoms with van der Waals surface area (Å²) >= 11 is 5.68. The molecule has 84 valence electrons. The number of hydrogen-bond donors (Lipinski definition) is 1. The van der Waals surface area contributed by atoms with Crippen molar-refractivity contribution < 1.29 is 4.39 Å². The largest absolute Gasteiger partial charge is 0.336 e. The third-order valence-corrected chi connectivity index (χ3v) is 2.71. The molecule has 3 nitrogen and oxygen atoms in total. The summed E-state index contributed by atoms with van der Waals surface area (Å²) in [6.45, 7) is 0. The third-order valence-electron chi connectivity index (χ3n) is 2.47. The molecular weight excluding hydrogens is 229 g/mol. The number of aromatic nitrogens is 2. The molecular formula is C11H11ClFN3. The van der Waals surface area contributed by atoms with E-state index in [1.807, 2.05) is 7.05 Å². The van der Waals surface area contributed by atoms with E-state index in [-0.39, 0.29) is 0 Å². The van der Waals surface area contributed by atoms with E-state index in [9.17, 15) is 4.39 Å². The van der Waals surface area contributed by atoms with Crippen LogP contribution in [0.5, 0.6) is 0 Å². The summed E-state index contributed by atoms with van der Waals surface area (Å²) in [5.74, 6) is -0.402. The number of nitrogens with two attached hydrogens (primary N) is 1. The molecule has 1 atom stereocenters. The van der Waals surface area contributed by atoms with Crippen molar-refractivity contribution in [2.45, 2.75) is 6.04 Å². The smallest absolute Gasteiger partial charge is 0.129 e. The van der Waals surface area contributed by atoms with E-state index < -0.39 is 11.9 Å². The molecule has 1 aromatic carbocycles. The Hall–Kier alpha value is -1.39. The molecule has 0 aliphatic rings. The lowest BCUT2D eigenvalue weighted by molar-refractivity contribution is 0.593. The zero-order valence-electron chi connectivity index (χ0n) is 8.69. The van der Waals surface area contributed by atoms with Gasteiger partial charge in [-0.05, 0) is 12.1 Å². The molecule has 1 aromatic heterocycles. The fourth-order valence-corrected chi connectivity index (χ4v) is 1.74. The van der Waals surface area contributed by atoms with E-state index in [1.54, 1.807) is 29.2 Å². The first kappa shape index (κ1) is 11.1. The SMILES string of the molecule is Cn1cncc1C(N)c1ccc(Cl)cc1F. The minimum Gasteiger partial charge on any atom is -0.336 e. The second-order valence-corrected chi connectivity index (χ2v) is 4.01. The molecule has 5 heteroatoms. The van der Waals surface area contributed by atoms with Gasteiger partial charge in [0.25, 0.3) is 0 Å². The van der Waals surface area contributed by atoms with E-state index >= 15 is 0 Å². The predicted molar refractivity (Wildman–Crippen MR) is 60.6 cm³/mol. The lowest BCUT2D eigenvalue weighted by atomic mass is 10.0. The number of rotatable bonds is 2. The fraction of sp³-hybridized carbons (Fsp3) is 0.182. The molecule has 2 rings (SSSR count). The number of imidazole rings is 1. The van der Waals surface area contributed by atoms with Crippen molar-refractivity contribution in [3.8, 4) is 0 Å². The lowest BCUT2D eigenvalue weighted by Gasteiger charge is -2.13. The highest BCUT2D eigenvalue weighted by molar-refractivity contribution is 6.30. The van der Waals surface area contributed by atoms with Crippen LogP contribution in [0.1, 0.15) is 17.3 Å². The second kappa shape index (κ2) is 4.23. The Morgan fingerprint density at radius 2 is 2.25 bits per heavy atom. The quantitative estimate of drug-likeness (QED) is 0.874. The highest BCUT2D eigenvalue weighted by Gasteiger charge is 2.16. The number of aryl methyl sites for hydroxylation is 1. The normalized spacial score (nSPS) is 12.8. The molecule has 0 spiro atoms. The van der Waals surface area contributed by atoms with Gasteiger partial charge < -0.3 is 10.3 Å². The number of benzene rings is 1. The second-order valence-electron chi connectivity index (χ2n) is 3.57. The van der Waals surface area contributed by atoms with Gasteiger partial charge in [-0.15, -0.1) is 0 Å². The summed E-state index contributed by atoms with van der Waals surface area (Å²) < 4.78 is 15.4. The maximum atomic E-state index is 13.6. The Bertz CT molecular complexity index is 510. The van der Waals surface area contributed by atoms with Crippen LogP contribution in [0.2, 0.25) is 5.02 Å². The molecule has 0 saturated heterocycles. The standard InChI is InChI=1S/C11H11ClFN3/c1-16-6-15-5-10(16)11(14)8-3-2-7(12)4-9(8)13/h2-6,11H,14H2,1H3. The molecule has 1 heterocycles. The molecule has 0 radical (unpaired) electrons. The highest BCUT2D eigenvalue weighted by Crippen LogP contribution is 2.23. The van der Waals surface area contributed by atoms with E-state index in [1.165, 1.54) is 6.07 Å². The van der Waals surface area contributed by atoms with Crippen molar-refractivity contribution in [3.63, 3.8) is 0 Å². The van der Waals surface area contributed by atoms with E-state index in [0.29, 0.717) is 10.6 Å². The average molecular weight is 240 g/mol. The topological polar surface area (TPSA) is 43.8 Å². The van der Waals surface area contributed by atoms with E-state index in [0.717, 1.165) is 5.69 Å². The summed E-state index contributed by atoms with van der Waals surface area (Å²) in [7, 11) is 1.82. The number of hydrogen-bond acceptors (Lipinski definition) is 2. The van der Waals surface area contributed by atoms with Crippen LogP contribution in [-0.2, 0) is 7.05 Å². The van der Waals surface area contributed by atoms with Crippen molar-refractivity contribution in [1.82, 2.24) is 9.55 Å². The Morgan fingerprint density at radius 1 is 1.50 bits per heavy atom. The lowest BCUT2D eigenvalue weighted by Crippen LogP contribution is -2.16. The van der Waals surface area contributed by atoms with Crippen molar-refractivity contribution in [2.75, 3.05) is 0 Å². The first-order chi connectivity index (χ1) is 7.59. The van der Waals surface area contributed by atoms with Gasteiger partial charge in [0, 0.05) is 17.6 Å². The number of halogens is 2. The molecule has 2 aromatic rings. The number of nitrogens with zero attached hydrogens (tertiary/aromatic N) is 2. The van der Waals surface area contributed by atoms with Crippen molar-refractivity contribution >= 4 is 11.6 Å². The van der Waals surface area contributed by atoms with Gasteiger partial charge in [-0.25, -0.2) is 9.37 Å². The van der Waals surface area contributed by atoms with E-state index in [4.69, 9.17) is 17.3 Å². The zero-order valence-corrected chi connectivity index (χ0v) is 9.45. The molecule has 2 N–H and O–H groups in total. The predicted octanol–water partition coefficient (Wildman–Crippen LogP) is 2.26. The van der Waals surface area contributed by atoms with Crippen LogP contribution in [-0.4, -0.2) is 9.55 Å². The Kier molecular flexibility index (Phi) is 2.94. The van der Waals surface area contributed by atoms with Gasteiger partial charge in [0.05, 0.1) is 24.3 Å². The van der Waals surface area contributed by atoms with Gasteiger partial charge >= 0.3 is 0 Å². The molecule has 0 saturated carbocycles. The summed E-state index contributed by atoms with van der Waals surface area (Å²) in [4.78, 5) is 3.95. The van der Waals surface area contributed by atoms with Crippen LogP contribution in [0.25, 0.3) is 0 Å². The molecule has 0 aliphatic carbocycles. The van der Waals surface area contributed by atoms with Gasteiger partial charge in [0.2, 0.25) is 0 Å². The van der Waals surface area contributed by atoms with Crippen LogP contribution in [0.3, 0.4) is 0 Å². The Balaban J connectivity index is 2.41. The molecule has 0 amide bonds. The molecule has 0 aliphatic heterocycles. The van der Waals surface area contributed by atoms with Crippen LogP contribution in [0.4, 0.5) is 4.39 Å². The van der Waals surface area contributed by atoms with Crippen LogP contribution < -0.4 is 5.73 Å². The van der Waals surface area contributed by atoms with E-state index in [2.05, 4.69) is 4.98 Å². The monoisotopic (exact) mass is 239 g/mol. The summed E-state index contributed by atoms with van der Waals surface area (Å²) in [6, 6.07) is 3.93. The third kappa shape index (κ3) is 1.94. The van der Waals surface area contributed by atoms with Crippen LogP contribution >= 0.6 is 11.6 Å². The minimum absolute atomic E-state index is 0.360. The first-order valence-corrected chi connectivity index (χ1v) is 5.14. The minimum atomic E-state index is -0.537.